The zero-order valence-corrected chi connectivity index (χ0v) is 11.1. The summed E-state index contributed by atoms with van der Waals surface area (Å²) in [7, 11) is 0. The molecule has 2 aliphatic heterocycles. The first-order valence-corrected chi connectivity index (χ1v) is 6.77. The molecule has 3 rings (SSSR count). The standard InChI is InChI=1S/C13H22N2O3/c1-12(2)10-9(4-6-18-10)13(12,14)11(16)15-8-3-5-17-7-8/h8-10H,3-7,14H2,1-2H3,(H,15,16). The van der Waals surface area contributed by atoms with Crippen molar-refractivity contribution in [1.29, 1.82) is 0 Å². The van der Waals surface area contributed by atoms with Crippen LogP contribution in [0.3, 0.4) is 0 Å². The van der Waals surface area contributed by atoms with Crippen LogP contribution in [0.4, 0.5) is 0 Å². The second kappa shape index (κ2) is 3.92. The predicted molar refractivity (Wildman–Crippen MR) is 65.9 cm³/mol. The number of carbonyl (C=O) groups excluding carboxylic acids is 1. The first-order valence-electron chi connectivity index (χ1n) is 6.77. The van der Waals surface area contributed by atoms with E-state index in [0.29, 0.717) is 6.61 Å². The van der Waals surface area contributed by atoms with Crippen molar-refractivity contribution in [2.45, 2.75) is 44.4 Å². The van der Waals surface area contributed by atoms with E-state index in [9.17, 15) is 4.79 Å². The minimum atomic E-state index is -0.795. The fraction of sp³-hybridized carbons (Fsp3) is 0.923. The molecule has 0 bridgehead atoms. The maximum absolute atomic E-state index is 12.5. The number of ether oxygens (including phenoxy) is 2. The van der Waals surface area contributed by atoms with Gasteiger partial charge in [-0.15, -0.1) is 0 Å². The van der Waals surface area contributed by atoms with Crippen molar-refractivity contribution in [3.05, 3.63) is 0 Å². The molecule has 0 spiro atoms. The summed E-state index contributed by atoms with van der Waals surface area (Å²) in [6.45, 7) is 6.11. The van der Waals surface area contributed by atoms with E-state index < -0.39 is 5.54 Å². The van der Waals surface area contributed by atoms with Crippen LogP contribution in [0.25, 0.3) is 0 Å². The fourth-order valence-electron chi connectivity index (χ4n) is 3.80. The average molecular weight is 254 g/mol. The first kappa shape index (κ1) is 12.4. The summed E-state index contributed by atoms with van der Waals surface area (Å²) >= 11 is 0. The number of rotatable bonds is 2. The van der Waals surface area contributed by atoms with Crippen LogP contribution in [0.5, 0.6) is 0 Å². The van der Waals surface area contributed by atoms with E-state index >= 15 is 0 Å². The molecule has 18 heavy (non-hydrogen) atoms. The quantitative estimate of drug-likeness (QED) is 0.729. The summed E-state index contributed by atoms with van der Waals surface area (Å²) in [6, 6.07) is 0.120. The molecule has 1 aliphatic carbocycles. The van der Waals surface area contributed by atoms with Crippen molar-refractivity contribution in [3.63, 3.8) is 0 Å². The summed E-state index contributed by atoms with van der Waals surface area (Å²) in [4.78, 5) is 12.5. The highest BCUT2D eigenvalue weighted by atomic mass is 16.5. The topological polar surface area (TPSA) is 73.6 Å². The molecule has 0 aromatic carbocycles. The van der Waals surface area contributed by atoms with E-state index in [-0.39, 0.29) is 29.4 Å². The van der Waals surface area contributed by atoms with Crippen LogP contribution < -0.4 is 11.1 Å². The Bertz CT molecular complexity index is 365. The minimum absolute atomic E-state index is 0.0326. The number of amides is 1. The highest BCUT2D eigenvalue weighted by molar-refractivity contribution is 5.89. The van der Waals surface area contributed by atoms with Crippen LogP contribution in [-0.4, -0.2) is 43.4 Å². The molecule has 3 fully saturated rings. The third-order valence-electron chi connectivity index (χ3n) is 5.09. The van der Waals surface area contributed by atoms with Gasteiger partial charge in [0.25, 0.3) is 0 Å². The molecule has 2 heterocycles. The van der Waals surface area contributed by atoms with Gasteiger partial charge in [0.2, 0.25) is 5.91 Å². The van der Waals surface area contributed by atoms with Crippen molar-refractivity contribution in [1.82, 2.24) is 5.32 Å². The Hall–Kier alpha value is -0.650. The van der Waals surface area contributed by atoms with Crippen LogP contribution in [0.15, 0.2) is 0 Å². The van der Waals surface area contributed by atoms with Gasteiger partial charge in [-0.05, 0) is 12.8 Å². The molecule has 0 aromatic rings. The molecular formula is C13H22N2O3. The van der Waals surface area contributed by atoms with E-state index in [1.807, 2.05) is 13.8 Å². The molecule has 2 saturated heterocycles. The Balaban J connectivity index is 1.75. The van der Waals surface area contributed by atoms with Crippen molar-refractivity contribution < 1.29 is 14.3 Å². The summed E-state index contributed by atoms with van der Waals surface area (Å²) in [5.41, 5.74) is 5.37. The van der Waals surface area contributed by atoms with Crippen LogP contribution in [0, 0.1) is 11.3 Å². The van der Waals surface area contributed by atoms with Gasteiger partial charge in [-0.1, -0.05) is 13.8 Å². The Morgan fingerprint density at radius 1 is 1.33 bits per heavy atom. The molecule has 4 unspecified atom stereocenters. The molecule has 1 saturated carbocycles. The molecule has 4 atom stereocenters. The van der Waals surface area contributed by atoms with Crippen LogP contribution in [0.2, 0.25) is 0 Å². The molecule has 5 heteroatoms. The molecule has 1 amide bonds. The van der Waals surface area contributed by atoms with Gasteiger partial charge in [0.05, 0.1) is 18.8 Å². The average Bonchev–Trinajstić information content (AvgIpc) is 2.97. The van der Waals surface area contributed by atoms with Gasteiger partial charge in [-0.2, -0.15) is 0 Å². The molecule has 5 nitrogen and oxygen atoms in total. The zero-order valence-electron chi connectivity index (χ0n) is 11.1. The van der Waals surface area contributed by atoms with Gasteiger partial charge in [-0.25, -0.2) is 0 Å². The number of hydrogen-bond acceptors (Lipinski definition) is 4. The summed E-state index contributed by atoms with van der Waals surface area (Å²) in [5, 5.41) is 3.05. The molecule has 0 aromatic heterocycles. The van der Waals surface area contributed by atoms with Crippen molar-refractivity contribution in [2.24, 2.45) is 17.1 Å². The third-order valence-corrected chi connectivity index (χ3v) is 5.09. The molecule has 0 radical (unpaired) electrons. The van der Waals surface area contributed by atoms with E-state index in [0.717, 1.165) is 26.1 Å². The number of hydrogen-bond donors (Lipinski definition) is 2. The van der Waals surface area contributed by atoms with Crippen LogP contribution >= 0.6 is 0 Å². The number of fused-ring (bicyclic) bond motifs is 1. The van der Waals surface area contributed by atoms with Crippen molar-refractivity contribution in [3.8, 4) is 0 Å². The van der Waals surface area contributed by atoms with Gasteiger partial charge in [-0.3, -0.25) is 4.79 Å². The Labute approximate surface area is 107 Å². The molecule has 3 N–H and O–H groups in total. The highest BCUT2D eigenvalue weighted by Crippen LogP contribution is 2.58. The van der Waals surface area contributed by atoms with E-state index in [1.165, 1.54) is 0 Å². The Kier molecular flexibility index (Phi) is 2.70. The number of nitrogens with two attached hydrogens (primary N) is 1. The minimum Gasteiger partial charge on any atom is -0.379 e. The van der Waals surface area contributed by atoms with Crippen LogP contribution in [-0.2, 0) is 14.3 Å². The SMILES string of the molecule is CC1(C)C2OCCC2C1(N)C(=O)NC1CCOC1. The summed E-state index contributed by atoms with van der Waals surface area (Å²) in [5.74, 6) is 0.129. The monoisotopic (exact) mass is 254 g/mol. The lowest BCUT2D eigenvalue weighted by molar-refractivity contribution is -0.176. The lowest BCUT2D eigenvalue weighted by Crippen LogP contribution is -2.80. The van der Waals surface area contributed by atoms with Crippen molar-refractivity contribution in [2.75, 3.05) is 19.8 Å². The smallest absolute Gasteiger partial charge is 0.241 e. The van der Waals surface area contributed by atoms with E-state index in [4.69, 9.17) is 15.2 Å². The largest absolute Gasteiger partial charge is 0.379 e. The normalized spacial score (nSPS) is 45.4. The van der Waals surface area contributed by atoms with Gasteiger partial charge < -0.3 is 20.5 Å². The second-order valence-corrected chi connectivity index (χ2v) is 6.31. The van der Waals surface area contributed by atoms with E-state index in [1.54, 1.807) is 0 Å². The Morgan fingerprint density at radius 2 is 2.11 bits per heavy atom. The van der Waals surface area contributed by atoms with E-state index in [2.05, 4.69) is 5.32 Å². The van der Waals surface area contributed by atoms with Gasteiger partial charge in [0, 0.05) is 24.5 Å². The third kappa shape index (κ3) is 1.41. The fourth-order valence-corrected chi connectivity index (χ4v) is 3.80. The Morgan fingerprint density at radius 3 is 2.78 bits per heavy atom. The lowest BCUT2D eigenvalue weighted by atomic mass is 9.48. The zero-order chi connectivity index (χ0) is 13.0. The molecule has 3 aliphatic rings. The lowest BCUT2D eigenvalue weighted by Gasteiger charge is -2.60. The van der Waals surface area contributed by atoms with Gasteiger partial charge >= 0.3 is 0 Å². The number of carbonyl (C=O) groups is 1. The maximum Gasteiger partial charge on any atom is 0.241 e. The first-order chi connectivity index (χ1) is 8.48. The van der Waals surface area contributed by atoms with Gasteiger partial charge in [0.15, 0.2) is 0 Å². The second-order valence-electron chi connectivity index (χ2n) is 6.31. The maximum atomic E-state index is 12.5. The summed E-state index contributed by atoms with van der Waals surface area (Å²) < 4.78 is 11.0. The van der Waals surface area contributed by atoms with Crippen LogP contribution in [0.1, 0.15) is 26.7 Å². The molecular weight excluding hydrogens is 232 g/mol. The highest BCUT2D eigenvalue weighted by Gasteiger charge is 2.71. The number of nitrogens with one attached hydrogen (secondary N) is 1. The predicted octanol–water partition coefficient (Wildman–Crippen LogP) is 0.0339. The van der Waals surface area contributed by atoms with Gasteiger partial charge in [0.1, 0.15) is 5.54 Å². The molecule has 102 valence electrons. The summed E-state index contributed by atoms with van der Waals surface area (Å²) in [6.07, 6.45) is 1.90. The van der Waals surface area contributed by atoms with Crippen molar-refractivity contribution >= 4 is 5.91 Å².